The van der Waals surface area contributed by atoms with Crippen LogP contribution in [0.15, 0.2) is 36.7 Å². The molecule has 5 heteroatoms. The highest BCUT2D eigenvalue weighted by atomic mass is 35.5. The molecule has 1 N–H and O–H groups in total. The van der Waals surface area contributed by atoms with Gasteiger partial charge in [-0.25, -0.2) is 9.97 Å². The van der Waals surface area contributed by atoms with Crippen LogP contribution in [-0.2, 0) is 17.9 Å². The van der Waals surface area contributed by atoms with Gasteiger partial charge in [0.2, 0.25) is 0 Å². The summed E-state index contributed by atoms with van der Waals surface area (Å²) < 4.78 is 5.10. The largest absolute Gasteiger partial charge is 0.380 e. The number of benzene rings is 1. The van der Waals surface area contributed by atoms with E-state index in [1.807, 2.05) is 18.2 Å². The van der Waals surface area contributed by atoms with Crippen LogP contribution in [0.1, 0.15) is 11.1 Å². The van der Waals surface area contributed by atoms with Crippen LogP contribution in [0.2, 0.25) is 5.15 Å². The van der Waals surface area contributed by atoms with Crippen molar-refractivity contribution < 1.29 is 4.74 Å². The van der Waals surface area contributed by atoms with Crippen LogP contribution in [0.3, 0.4) is 0 Å². The average Bonchev–Trinajstić information content (AvgIpc) is 2.39. The second-order valence-electron chi connectivity index (χ2n) is 3.80. The van der Waals surface area contributed by atoms with E-state index < -0.39 is 0 Å². The molecule has 0 amide bonds. The smallest absolute Gasteiger partial charge is 0.171 e. The molecule has 0 unspecified atom stereocenters. The number of ether oxygens (including phenoxy) is 1. The van der Waals surface area contributed by atoms with E-state index in [0.29, 0.717) is 24.1 Å². The number of aromatic nitrogens is 2. The lowest BCUT2D eigenvalue weighted by molar-refractivity contribution is 0.185. The molecule has 0 saturated carbocycles. The minimum atomic E-state index is 0.380. The highest BCUT2D eigenvalue weighted by Crippen LogP contribution is 2.15. The zero-order valence-corrected chi connectivity index (χ0v) is 10.8. The second-order valence-corrected chi connectivity index (χ2v) is 4.16. The fraction of sp³-hybridized carbons (Fsp3) is 0.231. The fourth-order valence-corrected chi connectivity index (χ4v) is 1.79. The number of rotatable bonds is 5. The molecule has 0 fully saturated rings. The lowest BCUT2D eigenvalue weighted by Crippen LogP contribution is -2.03. The summed E-state index contributed by atoms with van der Waals surface area (Å²) in [7, 11) is 1.68. The van der Waals surface area contributed by atoms with Crippen LogP contribution in [0.5, 0.6) is 0 Å². The van der Waals surface area contributed by atoms with Gasteiger partial charge in [0.05, 0.1) is 6.61 Å². The summed E-state index contributed by atoms with van der Waals surface area (Å²) in [4.78, 5) is 8.08. The van der Waals surface area contributed by atoms with E-state index in [2.05, 4.69) is 21.4 Å². The van der Waals surface area contributed by atoms with E-state index in [1.54, 1.807) is 19.5 Å². The lowest BCUT2D eigenvalue weighted by atomic mass is 10.1. The Bertz CT molecular complexity index is 519. The zero-order valence-electron chi connectivity index (χ0n) is 10.1. The summed E-state index contributed by atoms with van der Waals surface area (Å²) in [6.07, 6.45) is 3.17. The number of hydrogen-bond donors (Lipinski definition) is 1. The molecule has 0 saturated heterocycles. The molecule has 0 aliphatic rings. The number of nitrogens with zero attached hydrogens (tertiary/aromatic N) is 2. The van der Waals surface area contributed by atoms with Crippen molar-refractivity contribution in [3.63, 3.8) is 0 Å². The van der Waals surface area contributed by atoms with Gasteiger partial charge < -0.3 is 10.1 Å². The number of hydrogen-bond acceptors (Lipinski definition) is 4. The summed E-state index contributed by atoms with van der Waals surface area (Å²) in [6, 6.07) is 8.16. The Morgan fingerprint density at radius 3 is 2.78 bits per heavy atom. The van der Waals surface area contributed by atoms with Gasteiger partial charge in [0, 0.05) is 26.0 Å². The van der Waals surface area contributed by atoms with Gasteiger partial charge in [-0.15, -0.1) is 0 Å². The first-order valence-electron chi connectivity index (χ1n) is 5.56. The molecule has 2 aromatic rings. The van der Waals surface area contributed by atoms with Gasteiger partial charge in [0.15, 0.2) is 11.0 Å². The molecule has 1 heterocycles. The Labute approximate surface area is 111 Å². The zero-order chi connectivity index (χ0) is 12.8. The molecule has 4 nitrogen and oxygen atoms in total. The monoisotopic (exact) mass is 263 g/mol. The van der Waals surface area contributed by atoms with Crippen molar-refractivity contribution in [2.45, 2.75) is 13.2 Å². The third-order valence-corrected chi connectivity index (χ3v) is 2.69. The van der Waals surface area contributed by atoms with Crippen molar-refractivity contribution in [3.8, 4) is 0 Å². The molecule has 0 spiro atoms. The average molecular weight is 264 g/mol. The first kappa shape index (κ1) is 12.8. The maximum atomic E-state index is 5.92. The Morgan fingerprint density at radius 2 is 2.00 bits per heavy atom. The Kier molecular flexibility index (Phi) is 4.50. The van der Waals surface area contributed by atoms with Gasteiger partial charge in [-0.3, -0.25) is 0 Å². The van der Waals surface area contributed by atoms with E-state index >= 15 is 0 Å². The Balaban J connectivity index is 2.02. The molecule has 0 radical (unpaired) electrons. The summed E-state index contributed by atoms with van der Waals surface area (Å²) >= 11 is 5.92. The summed E-state index contributed by atoms with van der Waals surface area (Å²) in [5, 5.41) is 3.53. The maximum absolute atomic E-state index is 5.92. The highest BCUT2D eigenvalue weighted by molar-refractivity contribution is 6.31. The summed E-state index contributed by atoms with van der Waals surface area (Å²) in [6.45, 7) is 1.26. The quantitative estimate of drug-likeness (QED) is 0.901. The van der Waals surface area contributed by atoms with Crippen molar-refractivity contribution in [1.82, 2.24) is 9.97 Å². The van der Waals surface area contributed by atoms with Crippen LogP contribution in [0.4, 0.5) is 5.82 Å². The van der Waals surface area contributed by atoms with Gasteiger partial charge in [0.1, 0.15) is 0 Å². The van der Waals surface area contributed by atoms with Gasteiger partial charge in [0.25, 0.3) is 0 Å². The predicted molar refractivity (Wildman–Crippen MR) is 71.5 cm³/mol. The molecule has 0 aliphatic carbocycles. The van der Waals surface area contributed by atoms with E-state index in [0.717, 1.165) is 11.1 Å². The second kappa shape index (κ2) is 6.33. The first-order valence-corrected chi connectivity index (χ1v) is 5.94. The minimum Gasteiger partial charge on any atom is -0.380 e. The van der Waals surface area contributed by atoms with Crippen LogP contribution in [0.25, 0.3) is 0 Å². The highest BCUT2D eigenvalue weighted by Gasteiger charge is 2.01. The SMILES string of the molecule is COCc1cccc(CNc2nccnc2Cl)c1. The number of nitrogens with one attached hydrogen (secondary N) is 1. The predicted octanol–water partition coefficient (Wildman–Crippen LogP) is 2.89. The van der Waals surface area contributed by atoms with Gasteiger partial charge >= 0.3 is 0 Å². The van der Waals surface area contributed by atoms with Crippen LogP contribution in [0, 0.1) is 0 Å². The molecule has 1 aromatic heterocycles. The minimum absolute atomic E-state index is 0.380. The molecule has 18 heavy (non-hydrogen) atoms. The van der Waals surface area contributed by atoms with Crippen LogP contribution < -0.4 is 5.32 Å². The van der Waals surface area contributed by atoms with Gasteiger partial charge in [-0.2, -0.15) is 0 Å². The molecule has 1 aromatic carbocycles. The standard InChI is InChI=1S/C13H14ClN3O/c1-18-9-11-4-2-3-10(7-11)8-17-13-12(14)15-5-6-16-13/h2-7H,8-9H2,1H3,(H,16,17). The van der Waals surface area contributed by atoms with Crippen molar-refractivity contribution in [1.29, 1.82) is 0 Å². The normalized spacial score (nSPS) is 10.3. The summed E-state index contributed by atoms with van der Waals surface area (Å²) in [5.41, 5.74) is 2.29. The van der Waals surface area contributed by atoms with Crippen molar-refractivity contribution in [2.24, 2.45) is 0 Å². The molecular weight excluding hydrogens is 250 g/mol. The molecule has 0 atom stereocenters. The van der Waals surface area contributed by atoms with Gasteiger partial charge in [-0.05, 0) is 11.1 Å². The number of anilines is 1. The number of halogens is 1. The van der Waals surface area contributed by atoms with Crippen LogP contribution >= 0.6 is 11.6 Å². The van der Waals surface area contributed by atoms with Gasteiger partial charge in [-0.1, -0.05) is 35.9 Å². The third-order valence-electron chi connectivity index (χ3n) is 2.42. The van der Waals surface area contributed by atoms with E-state index in [-0.39, 0.29) is 0 Å². The molecule has 0 aliphatic heterocycles. The number of methoxy groups -OCH3 is 1. The first-order chi connectivity index (χ1) is 8.79. The van der Waals surface area contributed by atoms with E-state index in [9.17, 15) is 0 Å². The molecule has 2 rings (SSSR count). The fourth-order valence-electron chi connectivity index (χ4n) is 1.62. The third kappa shape index (κ3) is 3.42. The lowest BCUT2D eigenvalue weighted by Gasteiger charge is -2.08. The van der Waals surface area contributed by atoms with Crippen LogP contribution in [-0.4, -0.2) is 17.1 Å². The maximum Gasteiger partial charge on any atom is 0.171 e. The van der Waals surface area contributed by atoms with E-state index in [4.69, 9.17) is 16.3 Å². The Hall–Kier alpha value is -1.65. The van der Waals surface area contributed by atoms with E-state index in [1.165, 1.54) is 0 Å². The Morgan fingerprint density at radius 1 is 1.22 bits per heavy atom. The topological polar surface area (TPSA) is 47.0 Å². The van der Waals surface area contributed by atoms with Crippen molar-refractivity contribution in [2.75, 3.05) is 12.4 Å². The van der Waals surface area contributed by atoms with Crippen molar-refractivity contribution >= 4 is 17.4 Å². The molecule has 94 valence electrons. The van der Waals surface area contributed by atoms with Crippen molar-refractivity contribution in [3.05, 3.63) is 52.9 Å². The molecular formula is C13H14ClN3O. The summed E-state index contributed by atoms with van der Waals surface area (Å²) in [5.74, 6) is 0.594. The molecule has 0 bridgehead atoms.